The van der Waals surface area contributed by atoms with Crippen molar-refractivity contribution in [2.75, 3.05) is 6.61 Å². The molecule has 44 heavy (non-hydrogen) atoms. The van der Waals surface area contributed by atoms with Gasteiger partial charge in [0.2, 0.25) is 0 Å². The fraction of sp³-hybridized carbons (Fsp3) is 0.286. The van der Waals surface area contributed by atoms with Crippen molar-refractivity contribution < 1.29 is 9.47 Å². The standard InChI is InChI=1S/C42H46O2/c1-6-14-36(34(8-3)26-35-18-13-12-15-30(35)4)27-38-29-44-42-25-31(5)40-28-37(21-22-41(40)43-24-23-39(38)42)33(7-2)20-19-32-16-10-9-11-17-32/h6-16,18-19,21-22,26-29,31,33,39,42H,2,4,17,20,23-25H2,1,3,5H3/b14-6-,32-19-,34-8+,35-26-,36-27+/t31-,33?,39?,42?/m1/s1. The van der Waals surface area contributed by atoms with Crippen LogP contribution in [0.1, 0.15) is 69.4 Å². The number of hydrogen-bond donors (Lipinski definition) is 0. The van der Waals surface area contributed by atoms with Gasteiger partial charge in [-0.1, -0.05) is 105 Å². The van der Waals surface area contributed by atoms with Gasteiger partial charge < -0.3 is 9.47 Å². The van der Waals surface area contributed by atoms with Gasteiger partial charge in [0.25, 0.3) is 0 Å². The highest BCUT2D eigenvalue weighted by molar-refractivity contribution is 5.62. The van der Waals surface area contributed by atoms with E-state index in [1.807, 2.05) is 12.3 Å². The molecule has 2 heterocycles. The van der Waals surface area contributed by atoms with Crippen molar-refractivity contribution in [3.05, 3.63) is 160 Å². The first-order chi connectivity index (χ1) is 21.5. The molecule has 0 N–H and O–H groups in total. The Morgan fingerprint density at radius 1 is 1.09 bits per heavy atom. The summed E-state index contributed by atoms with van der Waals surface area (Å²) in [7, 11) is 0. The Kier molecular flexibility index (Phi) is 10.6. The van der Waals surface area contributed by atoms with Crippen LogP contribution in [0, 0.1) is 5.92 Å². The molecule has 2 aromatic carbocycles. The molecular formula is C42H46O2. The van der Waals surface area contributed by atoms with Crippen LogP contribution in [0.5, 0.6) is 5.75 Å². The van der Waals surface area contributed by atoms with E-state index < -0.39 is 0 Å². The maximum Gasteiger partial charge on any atom is 0.122 e. The Labute approximate surface area is 264 Å². The largest absolute Gasteiger partial charge is 0.497 e. The minimum atomic E-state index is 0.117. The topological polar surface area (TPSA) is 18.5 Å². The maximum atomic E-state index is 6.48. The van der Waals surface area contributed by atoms with E-state index in [1.165, 1.54) is 33.4 Å². The van der Waals surface area contributed by atoms with E-state index in [-0.39, 0.29) is 17.9 Å². The van der Waals surface area contributed by atoms with Crippen molar-refractivity contribution in [2.24, 2.45) is 5.92 Å². The lowest BCUT2D eigenvalue weighted by atomic mass is 9.83. The van der Waals surface area contributed by atoms with Crippen molar-refractivity contribution in [3.8, 4) is 5.75 Å². The summed E-state index contributed by atoms with van der Waals surface area (Å²) in [4.78, 5) is 0. The molecule has 0 spiro atoms. The van der Waals surface area contributed by atoms with Gasteiger partial charge >= 0.3 is 0 Å². The first kappa shape index (κ1) is 31.1. The third kappa shape index (κ3) is 7.42. The second kappa shape index (κ2) is 14.9. The molecule has 4 atom stereocenters. The van der Waals surface area contributed by atoms with Crippen LogP contribution in [0.2, 0.25) is 0 Å². The molecule has 0 fully saturated rings. The van der Waals surface area contributed by atoms with Gasteiger partial charge in [-0.25, -0.2) is 0 Å². The van der Waals surface area contributed by atoms with Crippen molar-refractivity contribution in [1.29, 1.82) is 0 Å². The molecule has 226 valence electrons. The molecule has 0 saturated heterocycles. The van der Waals surface area contributed by atoms with E-state index >= 15 is 0 Å². The fourth-order valence-corrected chi connectivity index (χ4v) is 6.45. The zero-order chi connectivity index (χ0) is 30.9. The third-order valence-electron chi connectivity index (χ3n) is 9.03. The van der Waals surface area contributed by atoms with Gasteiger partial charge in [0.1, 0.15) is 11.9 Å². The predicted molar refractivity (Wildman–Crippen MR) is 187 cm³/mol. The Hall–Kier alpha value is -4.30. The third-order valence-corrected chi connectivity index (χ3v) is 9.03. The van der Waals surface area contributed by atoms with E-state index in [9.17, 15) is 0 Å². The highest BCUT2D eigenvalue weighted by Crippen LogP contribution is 2.41. The lowest BCUT2D eigenvalue weighted by molar-refractivity contribution is 0.111. The molecule has 3 unspecified atom stereocenters. The number of hydrogen-bond acceptors (Lipinski definition) is 2. The van der Waals surface area contributed by atoms with Crippen LogP contribution in [-0.2, 0) is 4.74 Å². The second-order valence-electron chi connectivity index (χ2n) is 12.0. The first-order valence-corrected chi connectivity index (χ1v) is 16.0. The van der Waals surface area contributed by atoms with Crippen LogP contribution in [0.15, 0.2) is 138 Å². The molecule has 0 bridgehead atoms. The summed E-state index contributed by atoms with van der Waals surface area (Å²) in [6, 6.07) is 15.0. The highest BCUT2D eigenvalue weighted by Gasteiger charge is 2.34. The monoisotopic (exact) mass is 582 g/mol. The normalized spacial score (nSPS) is 24.1. The van der Waals surface area contributed by atoms with Crippen molar-refractivity contribution >= 4 is 12.7 Å². The van der Waals surface area contributed by atoms with Gasteiger partial charge in [-0.05, 0) is 108 Å². The van der Waals surface area contributed by atoms with E-state index in [0.717, 1.165) is 41.9 Å². The Bertz CT molecular complexity index is 1670. The molecule has 0 radical (unpaired) electrons. The predicted octanol–water partition coefficient (Wildman–Crippen LogP) is 9.30. The average molecular weight is 583 g/mol. The average Bonchev–Trinajstić information content (AvgIpc) is 3.43. The fourth-order valence-electron chi connectivity index (χ4n) is 6.45. The molecule has 0 aromatic heterocycles. The molecule has 1 aliphatic carbocycles. The Balaban J connectivity index is 1.36. The molecule has 0 amide bonds. The van der Waals surface area contributed by atoms with Gasteiger partial charge in [0.05, 0.1) is 12.9 Å². The summed E-state index contributed by atoms with van der Waals surface area (Å²) in [6.07, 6.45) is 29.9. The summed E-state index contributed by atoms with van der Waals surface area (Å²) >= 11 is 0. The van der Waals surface area contributed by atoms with Gasteiger partial charge in [-0.3, -0.25) is 0 Å². The van der Waals surface area contributed by atoms with E-state index in [4.69, 9.17) is 9.47 Å². The van der Waals surface area contributed by atoms with Crippen LogP contribution in [0.3, 0.4) is 0 Å². The molecule has 3 aliphatic rings. The zero-order valence-corrected chi connectivity index (χ0v) is 26.5. The van der Waals surface area contributed by atoms with Gasteiger partial charge in [-0.2, -0.15) is 0 Å². The number of allylic oxidation sites excluding steroid dienone is 13. The number of rotatable bonds is 8. The van der Waals surface area contributed by atoms with E-state index in [1.54, 1.807) is 0 Å². The van der Waals surface area contributed by atoms with Crippen LogP contribution >= 0.6 is 0 Å². The molecular weight excluding hydrogens is 536 g/mol. The van der Waals surface area contributed by atoms with Gasteiger partial charge in [0.15, 0.2) is 0 Å². The van der Waals surface area contributed by atoms with E-state index in [0.29, 0.717) is 12.5 Å². The van der Waals surface area contributed by atoms with Gasteiger partial charge in [0, 0.05) is 11.8 Å². The SMILES string of the molecule is C=CC(C/C=C1/C=CC=CC1)c1ccc2c(c1)[C@H](C)CC1OC=C(/C=C(\C=C/C)C(/C=c3/ccccc3=C)=C/C)C1CCO2. The second-order valence-corrected chi connectivity index (χ2v) is 12.0. The lowest BCUT2D eigenvalue weighted by Gasteiger charge is -2.23. The Morgan fingerprint density at radius 2 is 1.95 bits per heavy atom. The molecule has 2 aromatic rings. The minimum Gasteiger partial charge on any atom is -0.497 e. The minimum absolute atomic E-state index is 0.117. The quantitative estimate of drug-likeness (QED) is 0.228. The van der Waals surface area contributed by atoms with Crippen LogP contribution in [0.4, 0.5) is 0 Å². The summed E-state index contributed by atoms with van der Waals surface area (Å²) in [6.45, 7) is 15.5. The molecule has 2 aliphatic heterocycles. The highest BCUT2D eigenvalue weighted by atomic mass is 16.5. The van der Waals surface area contributed by atoms with Crippen LogP contribution in [-0.4, -0.2) is 12.7 Å². The number of ether oxygens (including phenoxy) is 2. The molecule has 5 rings (SSSR count). The lowest BCUT2D eigenvalue weighted by Crippen LogP contribution is -2.22. The maximum absolute atomic E-state index is 6.48. The summed E-state index contributed by atoms with van der Waals surface area (Å²) in [5.41, 5.74) is 7.49. The molecule has 2 heteroatoms. The zero-order valence-electron chi connectivity index (χ0n) is 26.5. The number of fused-ring (bicyclic) bond motifs is 2. The van der Waals surface area contributed by atoms with Crippen LogP contribution in [0.25, 0.3) is 12.7 Å². The summed E-state index contributed by atoms with van der Waals surface area (Å²) < 4.78 is 12.9. The van der Waals surface area contributed by atoms with Crippen molar-refractivity contribution in [1.82, 2.24) is 0 Å². The van der Waals surface area contributed by atoms with Gasteiger partial charge in [-0.15, -0.1) is 6.58 Å². The van der Waals surface area contributed by atoms with Crippen molar-refractivity contribution in [3.63, 3.8) is 0 Å². The van der Waals surface area contributed by atoms with Crippen LogP contribution < -0.4 is 15.2 Å². The van der Waals surface area contributed by atoms with Crippen molar-refractivity contribution in [2.45, 2.75) is 64.4 Å². The first-order valence-electron chi connectivity index (χ1n) is 16.0. The number of benzene rings is 2. The van der Waals surface area contributed by atoms with E-state index in [2.05, 4.69) is 137 Å². The molecule has 2 nitrogen and oxygen atoms in total. The smallest absolute Gasteiger partial charge is 0.122 e. The summed E-state index contributed by atoms with van der Waals surface area (Å²) in [5, 5.41) is 2.15. The molecule has 0 saturated carbocycles. The summed E-state index contributed by atoms with van der Waals surface area (Å²) in [5.74, 6) is 1.83. The Morgan fingerprint density at radius 3 is 2.70 bits per heavy atom.